The molecule has 21 heavy (non-hydrogen) atoms. The molecule has 0 saturated carbocycles. The zero-order valence-corrected chi connectivity index (χ0v) is 12.3. The van der Waals surface area contributed by atoms with Gasteiger partial charge >= 0.3 is 6.09 Å². The topological polar surface area (TPSA) is 90.7 Å². The Morgan fingerprint density at radius 2 is 2.10 bits per heavy atom. The summed E-state index contributed by atoms with van der Waals surface area (Å²) >= 11 is 0. The van der Waals surface area contributed by atoms with Crippen LogP contribution in [-0.4, -0.2) is 24.7 Å². The maximum Gasteiger partial charge on any atom is 0.411 e. The number of nitro benzene ring substituents is 1. The predicted octanol–water partition coefficient (Wildman–Crippen LogP) is 3.73. The van der Waals surface area contributed by atoms with Crippen molar-refractivity contribution in [2.24, 2.45) is 0 Å². The van der Waals surface area contributed by atoms with E-state index in [1.54, 1.807) is 0 Å². The third-order valence-corrected chi connectivity index (χ3v) is 2.86. The van der Waals surface area contributed by atoms with E-state index in [-0.39, 0.29) is 11.4 Å². The molecule has 0 atom stereocenters. The quantitative estimate of drug-likeness (QED) is 0.448. The fraction of sp³-hybridized carbons (Fsp3) is 0.500. The first-order valence-electron chi connectivity index (χ1n) is 6.84. The molecule has 0 aliphatic heterocycles. The van der Waals surface area contributed by atoms with Crippen molar-refractivity contribution in [1.82, 2.24) is 0 Å². The number of nitrogens with zero attached hydrogens (tertiary/aromatic N) is 1. The summed E-state index contributed by atoms with van der Waals surface area (Å²) in [6.45, 7) is 2.45. The standard InChI is InChI=1S/C14H20N2O5/c1-3-4-5-6-9-21-14(17)15-12-8-7-11(16(18)19)10-13(12)20-2/h7-8,10H,3-6,9H2,1-2H3,(H,15,17). The number of amides is 1. The summed E-state index contributed by atoms with van der Waals surface area (Å²) in [6.07, 6.45) is 3.47. The summed E-state index contributed by atoms with van der Waals surface area (Å²) in [5, 5.41) is 13.2. The van der Waals surface area contributed by atoms with Crippen LogP contribution in [0.3, 0.4) is 0 Å². The second-order valence-corrected chi connectivity index (χ2v) is 4.46. The summed E-state index contributed by atoms with van der Waals surface area (Å²) in [7, 11) is 1.38. The van der Waals surface area contributed by atoms with Gasteiger partial charge in [0, 0.05) is 6.07 Å². The van der Waals surface area contributed by atoms with E-state index >= 15 is 0 Å². The third kappa shape index (κ3) is 5.68. The van der Waals surface area contributed by atoms with Gasteiger partial charge in [-0.3, -0.25) is 15.4 Å². The molecule has 1 N–H and O–H groups in total. The molecule has 0 radical (unpaired) electrons. The zero-order chi connectivity index (χ0) is 15.7. The Morgan fingerprint density at radius 1 is 1.33 bits per heavy atom. The Kier molecular flexibility index (Phi) is 7.00. The molecule has 116 valence electrons. The van der Waals surface area contributed by atoms with Gasteiger partial charge < -0.3 is 9.47 Å². The smallest absolute Gasteiger partial charge is 0.411 e. The SMILES string of the molecule is CCCCCCOC(=O)Nc1ccc([N+](=O)[O-])cc1OC. The van der Waals surface area contributed by atoms with Gasteiger partial charge in [0.05, 0.1) is 30.4 Å². The molecule has 0 heterocycles. The van der Waals surface area contributed by atoms with Gasteiger partial charge in [-0.05, 0) is 12.5 Å². The average molecular weight is 296 g/mol. The van der Waals surface area contributed by atoms with Crippen LogP contribution in [0.5, 0.6) is 5.75 Å². The Hall–Kier alpha value is -2.31. The van der Waals surface area contributed by atoms with E-state index in [1.165, 1.54) is 25.3 Å². The van der Waals surface area contributed by atoms with Crippen LogP contribution in [0.25, 0.3) is 0 Å². The number of hydrogen-bond acceptors (Lipinski definition) is 5. The molecule has 1 aromatic rings. The number of ether oxygens (including phenoxy) is 2. The molecule has 7 nitrogen and oxygen atoms in total. The fourth-order valence-electron chi connectivity index (χ4n) is 1.74. The van der Waals surface area contributed by atoms with Gasteiger partial charge in [0.25, 0.3) is 5.69 Å². The highest BCUT2D eigenvalue weighted by atomic mass is 16.6. The highest BCUT2D eigenvalue weighted by Crippen LogP contribution is 2.29. The maximum atomic E-state index is 11.6. The second kappa shape index (κ2) is 8.78. The van der Waals surface area contributed by atoms with E-state index in [0.717, 1.165) is 25.7 Å². The molecule has 0 saturated heterocycles. The van der Waals surface area contributed by atoms with E-state index in [1.807, 2.05) is 0 Å². The van der Waals surface area contributed by atoms with Gasteiger partial charge in [-0.1, -0.05) is 26.2 Å². The van der Waals surface area contributed by atoms with Gasteiger partial charge in [0.1, 0.15) is 5.75 Å². The van der Waals surface area contributed by atoms with Crippen LogP contribution in [0, 0.1) is 10.1 Å². The highest BCUT2D eigenvalue weighted by Gasteiger charge is 2.13. The number of rotatable bonds is 8. The minimum absolute atomic E-state index is 0.106. The van der Waals surface area contributed by atoms with Crippen LogP contribution in [0.2, 0.25) is 0 Å². The number of methoxy groups -OCH3 is 1. The fourth-order valence-corrected chi connectivity index (χ4v) is 1.74. The summed E-state index contributed by atoms with van der Waals surface area (Å²) in [5.74, 6) is 0.215. The van der Waals surface area contributed by atoms with E-state index < -0.39 is 11.0 Å². The number of unbranched alkanes of at least 4 members (excludes halogenated alkanes) is 3. The lowest BCUT2D eigenvalue weighted by Crippen LogP contribution is -2.15. The van der Waals surface area contributed by atoms with Gasteiger partial charge in [-0.15, -0.1) is 0 Å². The lowest BCUT2D eigenvalue weighted by atomic mass is 10.2. The minimum atomic E-state index is -0.598. The second-order valence-electron chi connectivity index (χ2n) is 4.46. The Morgan fingerprint density at radius 3 is 2.71 bits per heavy atom. The largest absolute Gasteiger partial charge is 0.494 e. The maximum absolute atomic E-state index is 11.6. The lowest BCUT2D eigenvalue weighted by Gasteiger charge is -2.10. The molecular formula is C14H20N2O5. The molecule has 7 heteroatoms. The molecule has 0 unspecified atom stereocenters. The predicted molar refractivity (Wildman–Crippen MR) is 78.8 cm³/mol. The van der Waals surface area contributed by atoms with E-state index in [4.69, 9.17) is 9.47 Å². The first kappa shape index (κ1) is 16.7. The van der Waals surface area contributed by atoms with Crippen LogP contribution in [0.15, 0.2) is 18.2 Å². The number of hydrogen-bond donors (Lipinski definition) is 1. The monoisotopic (exact) mass is 296 g/mol. The van der Waals surface area contributed by atoms with Crippen molar-refractivity contribution in [2.75, 3.05) is 19.0 Å². The third-order valence-electron chi connectivity index (χ3n) is 2.86. The van der Waals surface area contributed by atoms with Crippen LogP contribution < -0.4 is 10.1 Å². The molecule has 0 aromatic heterocycles. The molecule has 0 aliphatic carbocycles. The number of anilines is 1. The Bertz CT molecular complexity index is 490. The number of non-ortho nitro benzene ring substituents is 1. The van der Waals surface area contributed by atoms with Crippen molar-refractivity contribution in [2.45, 2.75) is 32.6 Å². The number of nitro groups is 1. The molecule has 0 bridgehead atoms. The summed E-state index contributed by atoms with van der Waals surface area (Å²) in [6, 6.07) is 3.95. The van der Waals surface area contributed by atoms with Crippen LogP contribution in [-0.2, 0) is 4.74 Å². The Labute approximate surface area is 123 Å². The number of carbonyl (C=O) groups excluding carboxylic acids is 1. The van der Waals surface area contributed by atoms with Gasteiger partial charge in [-0.25, -0.2) is 4.79 Å². The normalized spacial score (nSPS) is 10.0. The van der Waals surface area contributed by atoms with Crippen molar-refractivity contribution < 1.29 is 19.2 Å². The van der Waals surface area contributed by atoms with Gasteiger partial charge in [-0.2, -0.15) is 0 Å². The van der Waals surface area contributed by atoms with Crippen LogP contribution in [0.1, 0.15) is 32.6 Å². The van der Waals surface area contributed by atoms with Crippen molar-refractivity contribution in [3.05, 3.63) is 28.3 Å². The molecule has 0 aliphatic rings. The number of carbonyl (C=O) groups is 1. The van der Waals surface area contributed by atoms with Crippen molar-refractivity contribution in [1.29, 1.82) is 0 Å². The van der Waals surface area contributed by atoms with Gasteiger partial charge in [0.2, 0.25) is 0 Å². The number of nitrogens with one attached hydrogen (secondary N) is 1. The van der Waals surface area contributed by atoms with Crippen molar-refractivity contribution in [3.8, 4) is 5.75 Å². The average Bonchev–Trinajstić information content (AvgIpc) is 2.47. The molecular weight excluding hydrogens is 276 g/mol. The van der Waals surface area contributed by atoms with Gasteiger partial charge in [0.15, 0.2) is 0 Å². The molecule has 1 aromatic carbocycles. The molecule has 1 rings (SSSR count). The minimum Gasteiger partial charge on any atom is -0.494 e. The van der Waals surface area contributed by atoms with Crippen LogP contribution in [0.4, 0.5) is 16.2 Å². The van der Waals surface area contributed by atoms with Crippen LogP contribution >= 0.6 is 0 Å². The zero-order valence-electron chi connectivity index (χ0n) is 12.3. The lowest BCUT2D eigenvalue weighted by molar-refractivity contribution is -0.384. The van der Waals surface area contributed by atoms with Crippen molar-refractivity contribution >= 4 is 17.5 Å². The molecule has 1 amide bonds. The summed E-state index contributed by atoms with van der Waals surface area (Å²) in [5.41, 5.74) is 0.229. The molecule has 0 fully saturated rings. The first-order valence-corrected chi connectivity index (χ1v) is 6.84. The first-order chi connectivity index (χ1) is 10.1. The van der Waals surface area contributed by atoms with E-state index in [0.29, 0.717) is 12.3 Å². The Balaban J connectivity index is 2.53. The molecule has 0 spiro atoms. The van der Waals surface area contributed by atoms with E-state index in [9.17, 15) is 14.9 Å². The summed E-state index contributed by atoms with van der Waals surface area (Å²) < 4.78 is 10.1. The summed E-state index contributed by atoms with van der Waals surface area (Å²) in [4.78, 5) is 21.7. The van der Waals surface area contributed by atoms with Crippen molar-refractivity contribution in [3.63, 3.8) is 0 Å². The number of benzene rings is 1. The van der Waals surface area contributed by atoms with E-state index in [2.05, 4.69) is 12.2 Å². The highest BCUT2D eigenvalue weighted by molar-refractivity contribution is 5.87.